The van der Waals surface area contributed by atoms with E-state index >= 15 is 0 Å². The van der Waals surface area contributed by atoms with Gasteiger partial charge >= 0.3 is 0 Å². The predicted molar refractivity (Wildman–Crippen MR) is 71.1 cm³/mol. The second-order valence-corrected chi connectivity index (χ2v) is 4.47. The van der Waals surface area contributed by atoms with Crippen molar-refractivity contribution in [1.82, 2.24) is 4.57 Å². The molecule has 1 heterocycles. The molecule has 16 heavy (non-hydrogen) atoms. The smallest absolute Gasteiger partial charge is 0.0643 e. The molecule has 0 saturated carbocycles. The highest BCUT2D eigenvalue weighted by Crippen LogP contribution is 2.32. The quantitative estimate of drug-likeness (QED) is 0.791. The maximum absolute atomic E-state index is 6.07. The lowest BCUT2D eigenvalue weighted by molar-refractivity contribution is 0.741. The van der Waals surface area contributed by atoms with E-state index in [-0.39, 0.29) is 0 Å². The Morgan fingerprint density at radius 3 is 2.56 bits per heavy atom. The average Bonchev–Trinajstić information content (AvgIpc) is 2.52. The van der Waals surface area contributed by atoms with Crippen molar-refractivity contribution in [3.63, 3.8) is 0 Å². The number of rotatable bonds is 2. The number of nitrogen functional groups attached to an aromatic ring is 1. The molecular weight excluding hydrogens is 220 g/mol. The summed E-state index contributed by atoms with van der Waals surface area (Å²) in [4.78, 5) is 0. The molecule has 0 aliphatic heterocycles. The Morgan fingerprint density at radius 1 is 1.31 bits per heavy atom. The molecule has 0 atom stereocenters. The van der Waals surface area contributed by atoms with E-state index in [0.29, 0.717) is 10.7 Å². The van der Waals surface area contributed by atoms with Crippen LogP contribution >= 0.6 is 11.6 Å². The van der Waals surface area contributed by atoms with E-state index in [0.717, 1.165) is 13.0 Å². The van der Waals surface area contributed by atoms with E-state index in [9.17, 15) is 0 Å². The lowest BCUT2D eigenvalue weighted by Crippen LogP contribution is -2.00. The summed E-state index contributed by atoms with van der Waals surface area (Å²) >= 11 is 6.07. The molecular formula is C13H17ClN2. The Kier molecular flexibility index (Phi) is 2.85. The van der Waals surface area contributed by atoms with Crippen molar-refractivity contribution in [2.75, 3.05) is 5.73 Å². The molecule has 0 spiro atoms. The fourth-order valence-electron chi connectivity index (χ4n) is 2.42. The summed E-state index contributed by atoms with van der Waals surface area (Å²) in [7, 11) is 0. The van der Waals surface area contributed by atoms with Gasteiger partial charge in [-0.05, 0) is 38.0 Å². The third kappa shape index (κ3) is 1.49. The van der Waals surface area contributed by atoms with Gasteiger partial charge in [0.05, 0.1) is 16.2 Å². The number of nitrogens with two attached hydrogens (primary N) is 1. The minimum absolute atomic E-state index is 0.645. The number of fused-ring (bicyclic) bond motifs is 1. The van der Waals surface area contributed by atoms with Crippen molar-refractivity contribution in [2.45, 2.75) is 33.7 Å². The van der Waals surface area contributed by atoms with Crippen molar-refractivity contribution in [2.24, 2.45) is 0 Å². The first-order chi connectivity index (χ1) is 7.60. The number of hydrogen-bond acceptors (Lipinski definition) is 1. The van der Waals surface area contributed by atoms with Crippen molar-refractivity contribution in [3.05, 3.63) is 28.4 Å². The first kappa shape index (κ1) is 11.3. The van der Waals surface area contributed by atoms with E-state index in [4.69, 9.17) is 17.3 Å². The number of aryl methyl sites for hydroxylation is 2. The van der Waals surface area contributed by atoms with Crippen LogP contribution < -0.4 is 5.73 Å². The standard InChI is InChI=1S/C13H17ClN2/c1-4-12-8(3)9-6-10(14)11(15)7-13(9)16(12)5-2/h6-7H,4-5,15H2,1-3H3. The van der Waals surface area contributed by atoms with Crippen LogP contribution in [0.25, 0.3) is 10.9 Å². The van der Waals surface area contributed by atoms with E-state index in [2.05, 4.69) is 25.3 Å². The van der Waals surface area contributed by atoms with Crippen molar-refractivity contribution in [3.8, 4) is 0 Å². The van der Waals surface area contributed by atoms with Gasteiger partial charge in [0.25, 0.3) is 0 Å². The van der Waals surface area contributed by atoms with Gasteiger partial charge in [0, 0.05) is 17.6 Å². The van der Waals surface area contributed by atoms with E-state index in [1.165, 1.54) is 22.2 Å². The number of halogens is 1. The summed E-state index contributed by atoms with van der Waals surface area (Å²) in [6, 6.07) is 3.96. The Morgan fingerprint density at radius 2 is 2.00 bits per heavy atom. The Balaban J connectivity index is 2.88. The van der Waals surface area contributed by atoms with Gasteiger partial charge in [0.15, 0.2) is 0 Å². The Bertz CT molecular complexity index is 541. The van der Waals surface area contributed by atoms with Crippen LogP contribution in [-0.2, 0) is 13.0 Å². The summed E-state index contributed by atoms with van der Waals surface area (Å²) in [6.45, 7) is 7.45. The lowest BCUT2D eigenvalue weighted by atomic mass is 10.1. The molecule has 0 saturated heterocycles. The molecule has 0 radical (unpaired) electrons. The van der Waals surface area contributed by atoms with Gasteiger partial charge in [-0.1, -0.05) is 18.5 Å². The Labute approximate surface area is 101 Å². The molecule has 0 fully saturated rings. The highest BCUT2D eigenvalue weighted by molar-refractivity contribution is 6.34. The van der Waals surface area contributed by atoms with Crippen molar-refractivity contribution in [1.29, 1.82) is 0 Å². The molecule has 1 aromatic heterocycles. The van der Waals surface area contributed by atoms with Crippen molar-refractivity contribution >= 4 is 28.2 Å². The van der Waals surface area contributed by atoms with Gasteiger partial charge in [0.2, 0.25) is 0 Å². The first-order valence-electron chi connectivity index (χ1n) is 5.66. The summed E-state index contributed by atoms with van der Waals surface area (Å²) in [5.41, 5.74) is 10.4. The van der Waals surface area contributed by atoms with Crippen LogP contribution in [0.15, 0.2) is 12.1 Å². The van der Waals surface area contributed by atoms with E-state index in [1.807, 2.05) is 12.1 Å². The highest BCUT2D eigenvalue weighted by atomic mass is 35.5. The van der Waals surface area contributed by atoms with Gasteiger partial charge in [-0.2, -0.15) is 0 Å². The van der Waals surface area contributed by atoms with Gasteiger partial charge in [-0.25, -0.2) is 0 Å². The van der Waals surface area contributed by atoms with E-state index < -0.39 is 0 Å². The third-order valence-electron chi connectivity index (χ3n) is 3.22. The minimum Gasteiger partial charge on any atom is -0.397 e. The molecule has 2 aromatic rings. The average molecular weight is 237 g/mol. The SMILES string of the molecule is CCc1c(C)c2cc(Cl)c(N)cc2n1CC. The van der Waals surface area contributed by atoms with Crippen LogP contribution in [0.1, 0.15) is 25.1 Å². The highest BCUT2D eigenvalue weighted by Gasteiger charge is 2.13. The van der Waals surface area contributed by atoms with Crippen LogP contribution in [0.4, 0.5) is 5.69 Å². The largest absolute Gasteiger partial charge is 0.397 e. The molecule has 2 nitrogen and oxygen atoms in total. The van der Waals surface area contributed by atoms with Gasteiger partial charge in [0.1, 0.15) is 0 Å². The predicted octanol–water partition coefficient (Wildman–Crippen LogP) is 3.77. The minimum atomic E-state index is 0.645. The monoisotopic (exact) mass is 236 g/mol. The molecule has 2 rings (SSSR count). The fraction of sp³-hybridized carbons (Fsp3) is 0.385. The fourth-order valence-corrected chi connectivity index (χ4v) is 2.59. The van der Waals surface area contributed by atoms with Crippen LogP contribution in [0.2, 0.25) is 5.02 Å². The molecule has 0 aliphatic carbocycles. The van der Waals surface area contributed by atoms with Crippen LogP contribution in [0.3, 0.4) is 0 Å². The molecule has 3 heteroatoms. The topological polar surface area (TPSA) is 30.9 Å². The summed E-state index contributed by atoms with van der Waals surface area (Å²) < 4.78 is 2.32. The van der Waals surface area contributed by atoms with Gasteiger partial charge in [-0.3, -0.25) is 0 Å². The summed E-state index contributed by atoms with van der Waals surface area (Å²) in [5.74, 6) is 0. The zero-order chi connectivity index (χ0) is 11.9. The van der Waals surface area contributed by atoms with Crippen LogP contribution in [-0.4, -0.2) is 4.57 Å². The molecule has 86 valence electrons. The molecule has 0 amide bonds. The number of aromatic nitrogens is 1. The normalized spacial score (nSPS) is 11.2. The number of hydrogen-bond donors (Lipinski definition) is 1. The van der Waals surface area contributed by atoms with Crippen molar-refractivity contribution < 1.29 is 0 Å². The Hall–Kier alpha value is -1.15. The first-order valence-corrected chi connectivity index (χ1v) is 6.04. The molecule has 1 aromatic carbocycles. The maximum atomic E-state index is 6.07. The summed E-state index contributed by atoms with van der Waals surface area (Å²) in [6.07, 6.45) is 1.03. The lowest BCUT2D eigenvalue weighted by Gasteiger charge is -2.06. The summed E-state index contributed by atoms with van der Waals surface area (Å²) in [5, 5.41) is 1.87. The van der Waals surface area contributed by atoms with Crippen LogP contribution in [0, 0.1) is 6.92 Å². The van der Waals surface area contributed by atoms with Crippen LogP contribution in [0.5, 0.6) is 0 Å². The number of anilines is 1. The second kappa shape index (κ2) is 4.02. The zero-order valence-corrected chi connectivity index (χ0v) is 10.7. The van der Waals surface area contributed by atoms with E-state index in [1.54, 1.807) is 0 Å². The molecule has 0 bridgehead atoms. The number of nitrogens with zero attached hydrogens (tertiary/aromatic N) is 1. The third-order valence-corrected chi connectivity index (χ3v) is 3.55. The van der Waals surface area contributed by atoms with Gasteiger partial charge in [-0.15, -0.1) is 0 Å². The zero-order valence-electron chi connectivity index (χ0n) is 9.97. The molecule has 0 unspecified atom stereocenters. The second-order valence-electron chi connectivity index (χ2n) is 4.06. The van der Waals surface area contributed by atoms with Gasteiger partial charge < -0.3 is 10.3 Å². The maximum Gasteiger partial charge on any atom is 0.0643 e. The molecule has 0 aliphatic rings. The molecule has 2 N–H and O–H groups in total. The number of benzene rings is 1.